The zero-order valence-electron chi connectivity index (χ0n) is 12.8. The minimum absolute atomic E-state index is 0.118. The summed E-state index contributed by atoms with van der Waals surface area (Å²) in [6.45, 7) is 8.45. The molecule has 0 radical (unpaired) electrons. The van der Waals surface area contributed by atoms with Crippen LogP contribution in [0.3, 0.4) is 0 Å². The molecule has 120 valence electrons. The highest BCUT2D eigenvalue weighted by molar-refractivity contribution is 7.89. The minimum atomic E-state index is -3.47. The van der Waals surface area contributed by atoms with Gasteiger partial charge in [0.2, 0.25) is 10.0 Å². The summed E-state index contributed by atoms with van der Waals surface area (Å²) in [4.78, 5) is 4.08. The van der Waals surface area contributed by atoms with Gasteiger partial charge in [-0.3, -0.25) is 0 Å². The molecule has 0 aromatic carbocycles. The second-order valence-electron chi connectivity index (χ2n) is 5.89. The topological polar surface area (TPSA) is 69.6 Å². The van der Waals surface area contributed by atoms with Gasteiger partial charge in [-0.25, -0.2) is 13.1 Å². The molecule has 1 unspecified atom stereocenters. The molecule has 1 aliphatic heterocycles. The number of nitrogens with zero attached hydrogens (tertiary/aromatic N) is 1. The molecule has 7 heteroatoms. The summed E-state index contributed by atoms with van der Waals surface area (Å²) >= 11 is 1.33. The Labute approximate surface area is 131 Å². The van der Waals surface area contributed by atoms with Crippen LogP contribution in [0.15, 0.2) is 11.0 Å². The quantitative estimate of drug-likeness (QED) is 0.829. The van der Waals surface area contributed by atoms with E-state index in [1.807, 2.05) is 0 Å². The Morgan fingerprint density at radius 3 is 2.76 bits per heavy atom. The Morgan fingerprint density at radius 2 is 2.24 bits per heavy atom. The summed E-state index contributed by atoms with van der Waals surface area (Å²) in [5.41, 5.74) is 0. The van der Waals surface area contributed by atoms with Gasteiger partial charge in [-0.2, -0.15) is 0 Å². The number of aryl methyl sites for hydroxylation is 1. The van der Waals surface area contributed by atoms with Gasteiger partial charge >= 0.3 is 0 Å². The van der Waals surface area contributed by atoms with Gasteiger partial charge in [0.25, 0.3) is 0 Å². The fourth-order valence-corrected chi connectivity index (χ4v) is 5.28. The van der Waals surface area contributed by atoms with Crippen molar-refractivity contribution >= 4 is 21.4 Å². The average Bonchev–Trinajstić information content (AvgIpc) is 3.03. The summed E-state index contributed by atoms with van der Waals surface area (Å²) in [6, 6.07) is 2.08. The fourth-order valence-electron chi connectivity index (χ4n) is 2.67. The zero-order valence-corrected chi connectivity index (χ0v) is 14.4. The molecule has 1 aromatic heterocycles. The average molecular weight is 332 g/mol. The number of rotatable bonds is 6. The van der Waals surface area contributed by atoms with E-state index in [1.54, 1.807) is 13.0 Å². The Hall–Kier alpha value is -0.470. The van der Waals surface area contributed by atoms with Crippen LogP contribution in [0.5, 0.6) is 0 Å². The van der Waals surface area contributed by atoms with Crippen molar-refractivity contribution in [1.29, 1.82) is 0 Å². The maximum absolute atomic E-state index is 12.4. The molecule has 5 nitrogen and oxygen atoms in total. The van der Waals surface area contributed by atoms with Crippen LogP contribution in [0.25, 0.3) is 0 Å². The van der Waals surface area contributed by atoms with E-state index in [9.17, 15) is 8.42 Å². The third-order valence-corrected chi connectivity index (χ3v) is 6.69. The van der Waals surface area contributed by atoms with Crippen LogP contribution >= 0.6 is 11.3 Å². The molecule has 1 aliphatic rings. The largest absolute Gasteiger partial charge is 0.391 e. The van der Waals surface area contributed by atoms with Crippen LogP contribution in [0.1, 0.15) is 30.0 Å². The maximum Gasteiger partial charge on any atom is 0.241 e. The van der Waals surface area contributed by atoms with Crippen molar-refractivity contribution in [3.63, 3.8) is 0 Å². The summed E-state index contributed by atoms with van der Waals surface area (Å²) in [6.07, 6.45) is 1.03. The van der Waals surface area contributed by atoms with E-state index in [1.165, 1.54) is 11.3 Å². The summed E-state index contributed by atoms with van der Waals surface area (Å²) in [5.74, 6) is 0.374. The van der Waals surface area contributed by atoms with Crippen LogP contribution in [0.2, 0.25) is 0 Å². The van der Waals surface area contributed by atoms with Crippen molar-refractivity contribution in [3.05, 3.63) is 15.8 Å². The molecule has 1 saturated heterocycles. The van der Waals surface area contributed by atoms with E-state index in [2.05, 4.69) is 23.5 Å². The molecule has 0 aliphatic carbocycles. The smallest absolute Gasteiger partial charge is 0.241 e. The molecule has 1 aromatic rings. The first-order chi connectivity index (χ1) is 9.83. The second-order valence-corrected chi connectivity index (χ2v) is 8.96. The first-order valence-corrected chi connectivity index (χ1v) is 9.57. The fraction of sp³-hybridized carbons (Fsp3) is 0.714. The molecule has 21 heavy (non-hydrogen) atoms. The highest BCUT2D eigenvalue weighted by Gasteiger charge is 2.26. The number of aliphatic hydroxyl groups is 1. The lowest BCUT2D eigenvalue weighted by atomic mass is 10.1. The second kappa shape index (κ2) is 6.75. The van der Waals surface area contributed by atoms with Gasteiger partial charge in [0.15, 0.2) is 0 Å². The molecule has 0 bridgehead atoms. The first kappa shape index (κ1) is 16.9. The maximum atomic E-state index is 12.4. The number of sulfonamides is 1. The zero-order chi connectivity index (χ0) is 15.6. The molecule has 1 fully saturated rings. The molecule has 2 heterocycles. The van der Waals surface area contributed by atoms with Crippen molar-refractivity contribution in [3.8, 4) is 0 Å². The number of nitrogens with one attached hydrogen (secondary N) is 1. The number of aliphatic hydroxyl groups excluding tert-OH is 1. The van der Waals surface area contributed by atoms with Crippen LogP contribution < -0.4 is 4.72 Å². The molecule has 1 atom stereocenters. The third-order valence-electron chi connectivity index (χ3n) is 3.98. The lowest BCUT2D eigenvalue weighted by Gasteiger charge is -2.20. The Balaban J connectivity index is 1.97. The predicted molar refractivity (Wildman–Crippen MR) is 85.0 cm³/mol. The van der Waals surface area contributed by atoms with Crippen LogP contribution in [0.4, 0.5) is 0 Å². The van der Waals surface area contributed by atoms with E-state index in [-0.39, 0.29) is 6.61 Å². The lowest BCUT2D eigenvalue weighted by Crippen LogP contribution is -2.33. The van der Waals surface area contributed by atoms with Gasteiger partial charge < -0.3 is 10.0 Å². The summed E-state index contributed by atoms with van der Waals surface area (Å²) < 4.78 is 27.4. The van der Waals surface area contributed by atoms with Gasteiger partial charge in [-0.15, -0.1) is 11.3 Å². The molecule has 0 saturated carbocycles. The highest BCUT2D eigenvalue weighted by Crippen LogP contribution is 2.26. The van der Waals surface area contributed by atoms with Crippen molar-refractivity contribution in [1.82, 2.24) is 9.62 Å². The molecular weight excluding hydrogens is 308 g/mol. The van der Waals surface area contributed by atoms with Gasteiger partial charge in [-0.1, -0.05) is 0 Å². The number of hydrogen-bond donors (Lipinski definition) is 2. The molecule has 0 spiro atoms. The highest BCUT2D eigenvalue weighted by atomic mass is 32.2. The lowest BCUT2D eigenvalue weighted by molar-refractivity contribution is 0.265. The SMILES string of the molecule is Cc1sc(CO)cc1S(=O)(=O)NCC1CCN(C(C)C)C1. The number of hydrogen-bond acceptors (Lipinski definition) is 5. The standard InChI is InChI=1S/C14H24N2O3S2/c1-10(2)16-5-4-12(8-16)7-15-21(18,19)14-6-13(9-17)20-11(14)3/h6,10,12,15,17H,4-5,7-9H2,1-3H3. The first-order valence-electron chi connectivity index (χ1n) is 7.27. The van der Waals surface area contributed by atoms with Crippen LogP contribution in [0, 0.1) is 12.8 Å². The van der Waals surface area contributed by atoms with Gasteiger partial charge in [0.05, 0.1) is 11.5 Å². The van der Waals surface area contributed by atoms with Crippen molar-refractivity contribution < 1.29 is 13.5 Å². The van der Waals surface area contributed by atoms with E-state index in [0.29, 0.717) is 28.3 Å². The molecule has 2 N–H and O–H groups in total. The Morgan fingerprint density at radius 1 is 1.52 bits per heavy atom. The molecule has 2 rings (SSSR count). The van der Waals surface area contributed by atoms with E-state index in [4.69, 9.17) is 5.11 Å². The Bertz CT molecular complexity index is 581. The van der Waals surface area contributed by atoms with Crippen molar-refractivity contribution in [2.75, 3.05) is 19.6 Å². The van der Waals surface area contributed by atoms with E-state index in [0.717, 1.165) is 24.4 Å². The van der Waals surface area contributed by atoms with Crippen LogP contribution in [-0.4, -0.2) is 44.1 Å². The van der Waals surface area contributed by atoms with Gasteiger partial charge in [0.1, 0.15) is 0 Å². The van der Waals surface area contributed by atoms with E-state index < -0.39 is 10.0 Å². The predicted octanol–water partition coefficient (Wildman–Crippen LogP) is 1.56. The minimum Gasteiger partial charge on any atom is -0.391 e. The molecular formula is C14H24N2O3S2. The normalized spacial score (nSPS) is 20.5. The van der Waals surface area contributed by atoms with E-state index >= 15 is 0 Å². The third kappa shape index (κ3) is 4.04. The van der Waals surface area contributed by atoms with Gasteiger partial charge in [-0.05, 0) is 45.7 Å². The summed E-state index contributed by atoms with van der Waals surface area (Å²) in [7, 11) is -3.47. The monoisotopic (exact) mass is 332 g/mol. The molecule has 0 amide bonds. The summed E-state index contributed by atoms with van der Waals surface area (Å²) in [5, 5.41) is 9.11. The van der Waals surface area contributed by atoms with Crippen LogP contribution in [-0.2, 0) is 16.6 Å². The number of thiophene rings is 1. The van der Waals surface area contributed by atoms with Crippen molar-refractivity contribution in [2.24, 2.45) is 5.92 Å². The van der Waals surface area contributed by atoms with Gasteiger partial charge in [0, 0.05) is 28.9 Å². The number of likely N-dealkylation sites (tertiary alicyclic amines) is 1. The van der Waals surface area contributed by atoms with Crippen molar-refractivity contribution in [2.45, 2.75) is 44.7 Å². The Kier molecular flexibility index (Phi) is 5.43.